The summed E-state index contributed by atoms with van der Waals surface area (Å²) < 4.78 is 60.3. The highest BCUT2D eigenvalue weighted by Crippen LogP contribution is 2.53. The molecule has 1 N–H and O–H groups in total. The Morgan fingerprint density at radius 3 is 2.55 bits per heavy atom. The van der Waals surface area contributed by atoms with Crippen LogP contribution in [0.3, 0.4) is 0 Å². The number of aryl methyl sites for hydroxylation is 1. The first-order chi connectivity index (χ1) is 23.5. The molecule has 0 atom stereocenters. The molecule has 1 spiro atoms. The summed E-state index contributed by atoms with van der Waals surface area (Å²) in [4.78, 5) is 22.2. The van der Waals surface area contributed by atoms with Crippen LogP contribution in [0.15, 0.2) is 42.7 Å². The molecule has 9 nitrogen and oxygen atoms in total. The van der Waals surface area contributed by atoms with Gasteiger partial charge in [0.25, 0.3) is 5.91 Å². The second-order valence-electron chi connectivity index (χ2n) is 14.0. The third-order valence-corrected chi connectivity index (χ3v) is 10.4. The molecule has 8 rings (SSSR count). The van der Waals surface area contributed by atoms with Gasteiger partial charge in [0.05, 0.1) is 17.7 Å². The Balaban J connectivity index is 1.20. The van der Waals surface area contributed by atoms with E-state index in [9.17, 15) is 23.2 Å². The summed E-state index contributed by atoms with van der Waals surface area (Å²) in [5.74, 6) is 0.225. The fourth-order valence-electron chi connectivity index (χ4n) is 7.32. The molecule has 2 aliphatic carbocycles. The van der Waals surface area contributed by atoms with Gasteiger partial charge in [0.1, 0.15) is 29.8 Å². The van der Waals surface area contributed by atoms with E-state index in [4.69, 9.17) is 4.98 Å². The molecule has 4 aromatic rings. The Kier molecular flexibility index (Phi) is 7.48. The van der Waals surface area contributed by atoms with E-state index in [1.807, 2.05) is 6.07 Å². The zero-order valence-corrected chi connectivity index (χ0v) is 26.9. The van der Waals surface area contributed by atoms with Gasteiger partial charge in [-0.2, -0.15) is 18.4 Å². The molecule has 0 bridgehead atoms. The molecule has 1 saturated heterocycles. The Bertz CT molecular complexity index is 2020. The van der Waals surface area contributed by atoms with Crippen LogP contribution in [0.1, 0.15) is 71.1 Å². The summed E-state index contributed by atoms with van der Waals surface area (Å²) in [5, 5.41) is 21.1. The zero-order valence-electron chi connectivity index (χ0n) is 26.9. The highest BCUT2D eigenvalue weighted by atomic mass is 19.4. The Morgan fingerprint density at radius 1 is 1.06 bits per heavy atom. The number of carbonyl (C=O) groups is 1. The summed E-state index contributed by atoms with van der Waals surface area (Å²) in [5.41, 5.74) is 0.999. The molecule has 2 aromatic carbocycles. The lowest BCUT2D eigenvalue weighted by atomic mass is 9.96. The van der Waals surface area contributed by atoms with E-state index in [2.05, 4.69) is 20.4 Å². The standard InChI is InChI=1S/C36H34F4N8O/c1-46-20-43-45-33(46)26-15-30(37)24(16-41)12-25(26)23-13-31(42-8-4-21-2-3-21)44-32(14-23)48-18-28-27(34(48)49)10-22(11-29(28)36(38,39)40)17-47-9-7-35(19-47)5-6-35/h10-15,20-21H,2-9,17-19H2,1H3,(H,42,44). The molecule has 1 amide bonds. The van der Waals surface area contributed by atoms with Gasteiger partial charge < -0.3 is 9.88 Å². The fourth-order valence-corrected chi connectivity index (χ4v) is 7.32. The molecule has 3 fully saturated rings. The van der Waals surface area contributed by atoms with Crippen molar-refractivity contribution in [3.63, 3.8) is 0 Å². The summed E-state index contributed by atoms with van der Waals surface area (Å²) in [6.07, 6.45) is 3.44. The number of hydrogen-bond donors (Lipinski definition) is 1. The first-order valence-electron chi connectivity index (χ1n) is 16.6. The number of rotatable bonds is 9. The number of benzene rings is 2. The highest BCUT2D eigenvalue weighted by molar-refractivity contribution is 6.10. The molecule has 4 heterocycles. The van der Waals surface area contributed by atoms with Gasteiger partial charge in [-0.15, -0.1) is 10.2 Å². The lowest BCUT2D eigenvalue weighted by Gasteiger charge is -2.19. The molecule has 0 unspecified atom stereocenters. The van der Waals surface area contributed by atoms with E-state index in [-0.39, 0.29) is 29.1 Å². The van der Waals surface area contributed by atoms with E-state index < -0.39 is 23.5 Å². The summed E-state index contributed by atoms with van der Waals surface area (Å²) in [6.45, 7) is 2.35. The van der Waals surface area contributed by atoms with Gasteiger partial charge in [0, 0.05) is 37.8 Å². The van der Waals surface area contributed by atoms with Crippen molar-refractivity contribution in [3.05, 3.63) is 76.4 Å². The second-order valence-corrected chi connectivity index (χ2v) is 14.0. The minimum Gasteiger partial charge on any atom is -0.370 e. The lowest BCUT2D eigenvalue weighted by molar-refractivity contribution is -0.138. The number of amides is 1. The normalized spacial score (nSPS) is 18.3. The lowest BCUT2D eigenvalue weighted by Crippen LogP contribution is -2.24. The fraction of sp³-hybridized carbons (Fsp3) is 0.417. The third-order valence-electron chi connectivity index (χ3n) is 10.4. The topological polar surface area (TPSA) is 103 Å². The molecule has 0 radical (unpaired) electrons. The van der Waals surface area contributed by atoms with Crippen LogP contribution in [0, 0.1) is 28.5 Å². The first kappa shape index (κ1) is 31.4. The Hall–Kier alpha value is -4.83. The van der Waals surface area contributed by atoms with Crippen LogP contribution in [0.25, 0.3) is 22.5 Å². The minimum absolute atomic E-state index is 0.0222. The molecule has 49 heavy (non-hydrogen) atoms. The number of halogens is 4. The van der Waals surface area contributed by atoms with Crippen LogP contribution in [-0.2, 0) is 26.3 Å². The van der Waals surface area contributed by atoms with E-state index in [1.165, 1.54) is 29.4 Å². The van der Waals surface area contributed by atoms with E-state index in [1.54, 1.807) is 29.8 Å². The van der Waals surface area contributed by atoms with Gasteiger partial charge in [0.2, 0.25) is 0 Å². The maximum atomic E-state index is 15.0. The number of nitrogens with one attached hydrogen (secondary N) is 1. The van der Waals surface area contributed by atoms with E-state index >= 15 is 4.39 Å². The van der Waals surface area contributed by atoms with Crippen molar-refractivity contribution in [3.8, 4) is 28.6 Å². The predicted octanol–water partition coefficient (Wildman–Crippen LogP) is 6.93. The van der Waals surface area contributed by atoms with Gasteiger partial charge in [-0.05, 0) is 102 Å². The van der Waals surface area contributed by atoms with Crippen LogP contribution >= 0.6 is 0 Å². The van der Waals surface area contributed by atoms with Crippen molar-refractivity contribution in [2.45, 2.75) is 57.8 Å². The number of pyridine rings is 1. The number of aromatic nitrogens is 4. The number of nitriles is 1. The van der Waals surface area contributed by atoms with Gasteiger partial charge in [0.15, 0.2) is 5.82 Å². The van der Waals surface area contributed by atoms with Crippen LogP contribution < -0.4 is 10.2 Å². The molecule has 13 heteroatoms. The smallest absolute Gasteiger partial charge is 0.370 e. The van der Waals surface area contributed by atoms with Crippen LogP contribution in [0.2, 0.25) is 0 Å². The Morgan fingerprint density at radius 2 is 1.88 bits per heavy atom. The third kappa shape index (κ3) is 6.03. The van der Waals surface area contributed by atoms with Crippen molar-refractivity contribution >= 4 is 17.5 Å². The van der Waals surface area contributed by atoms with Crippen molar-refractivity contribution in [2.24, 2.45) is 18.4 Å². The number of hydrogen-bond acceptors (Lipinski definition) is 7. The maximum Gasteiger partial charge on any atom is 0.416 e. The van der Waals surface area contributed by atoms with Crippen molar-refractivity contribution in [1.82, 2.24) is 24.6 Å². The van der Waals surface area contributed by atoms with E-state index in [0.29, 0.717) is 58.3 Å². The predicted molar refractivity (Wildman–Crippen MR) is 174 cm³/mol. The van der Waals surface area contributed by atoms with Crippen molar-refractivity contribution in [1.29, 1.82) is 5.26 Å². The molecule has 4 aliphatic rings. The van der Waals surface area contributed by atoms with Gasteiger partial charge in [-0.3, -0.25) is 14.6 Å². The van der Waals surface area contributed by atoms with Crippen molar-refractivity contribution in [2.75, 3.05) is 29.9 Å². The minimum atomic E-state index is -4.66. The summed E-state index contributed by atoms with van der Waals surface area (Å²) in [7, 11) is 1.71. The number of alkyl halides is 3. The first-order valence-corrected chi connectivity index (χ1v) is 16.6. The van der Waals surface area contributed by atoms with Crippen LogP contribution in [0.5, 0.6) is 0 Å². The van der Waals surface area contributed by atoms with Crippen LogP contribution in [0.4, 0.5) is 29.2 Å². The number of nitrogens with zero attached hydrogens (tertiary/aromatic N) is 7. The number of likely N-dealkylation sites (tertiary alicyclic amines) is 1. The van der Waals surface area contributed by atoms with E-state index in [0.717, 1.165) is 51.6 Å². The Labute approximate surface area is 280 Å². The van der Waals surface area contributed by atoms with Crippen LogP contribution in [-0.4, -0.2) is 50.2 Å². The summed E-state index contributed by atoms with van der Waals surface area (Å²) >= 11 is 0. The highest BCUT2D eigenvalue weighted by Gasteiger charge is 2.48. The molecule has 2 aliphatic heterocycles. The molecular weight excluding hydrogens is 636 g/mol. The number of fused-ring (bicyclic) bond motifs is 1. The second kappa shape index (κ2) is 11.7. The number of carbonyl (C=O) groups excluding carboxylic acids is 1. The molecular formula is C36H34F4N8O. The SMILES string of the molecule is Cn1cnnc1-c1cc(F)c(C#N)cc1-c1cc(NCCC2CC2)nc(N2Cc3c(cc(CN4CCC5(CC5)C4)cc3C(F)(F)F)C2=O)c1. The average Bonchev–Trinajstić information content (AvgIpc) is 3.92. The quantitative estimate of drug-likeness (QED) is 0.193. The average molecular weight is 671 g/mol. The largest absolute Gasteiger partial charge is 0.416 e. The zero-order chi connectivity index (χ0) is 34.1. The molecule has 2 aromatic heterocycles. The summed E-state index contributed by atoms with van der Waals surface area (Å²) in [6, 6.07) is 10.6. The molecule has 2 saturated carbocycles. The number of anilines is 2. The molecule has 252 valence electrons. The monoisotopic (exact) mass is 670 g/mol. The van der Waals surface area contributed by atoms with Gasteiger partial charge >= 0.3 is 6.18 Å². The maximum absolute atomic E-state index is 15.0. The van der Waals surface area contributed by atoms with Gasteiger partial charge in [-0.1, -0.05) is 12.8 Å². The van der Waals surface area contributed by atoms with Crippen molar-refractivity contribution < 1.29 is 22.4 Å². The van der Waals surface area contributed by atoms with Gasteiger partial charge in [-0.25, -0.2) is 9.37 Å².